The third kappa shape index (κ3) is 2.15. The van der Waals surface area contributed by atoms with Crippen LogP contribution in [0.15, 0.2) is 18.2 Å². The van der Waals surface area contributed by atoms with Crippen LogP contribution in [0.2, 0.25) is 0 Å². The second kappa shape index (κ2) is 4.23. The molecule has 0 saturated heterocycles. The van der Waals surface area contributed by atoms with Crippen molar-refractivity contribution >= 4 is 5.69 Å². The quantitative estimate of drug-likeness (QED) is 0.789. The lowest BCUT2D eigenvalue weighted by Crippen LogP contribution is -2.29. The summed E-state index contributed by atoms with van der Waals surface area (Å²) < 4.78 is 0. The van der Waals surface area contributed by atoms with E-state index in [4.69, 9.17) is 0 Å². The van der Waals surface area contributed by atoms with E-state index in [0.717, 1.165) is 0 Å². The maximum Gasteiger partial charge on any atom is 0.0378 e. The fourth-order valence-electron chi connectivity index (χ4n) is 2.31. The predicted octanol–water partition coefficient (Wildman–Crippen LogP) is 2.33. The molecule has 0 aromatic heterocycles. The van der Waals surface area contributed by atoms with E-state index in [-0.39, 0.29) is 0 Å². The topological polar surface area (TPSA) is 24.1 Å². The van der Waals surface area contributed by atoms with E-state index < -0.39 is 0 Å². The molecule has 0 aliphatic carbocycles. The molecule has 2 atom stereocenters. The molecular weight excluding hydrogens is 184 g/mol. The van der Waals surface area contributed by atoms with Crippen molar-refractivity contribution in [3.8, 4) is 0 Å². The van der Waals surface area contributed by atoms with Gasteiger partial charge in [0.05, 0.1) is 0 Å². The standard InChI is InChI=1S/C13H20N2/c1-9-5-4-6-13-12(9)8-11(15-13)7-10(2)14-3/h4-6,10-11,14-15H,7-8H2,1-3H3. The minimum Gasteiger partial charge on any atom is -0.382 e. The van der Waals surface area contributed by atoms with Gasteiger partial charge in [0.25, 0.3) is 0 Å². The summed E-state index contributed by atoms with van der Waals surface area (Å²) in [5, 5.41) is 6.89. The van der Waals surface area contributed by atoms with E-state index in [0.29, 0.717) is 12.1 Å². The molecule has 2 N–H and O–H groups in total. The Bertz CT molecular complexity index is 346. The first-order valence-electron chi connectivity index (χ1n) is 5.73. The van der Waals surface area contributed by atoms with Crippen LogP contribution in [0.1, 0.15) is 24.5 Å². The van der Waals surface area contributed by atoms with Gasteiger partial charge in [-0.15, -0.1) is 0 Å². The Kier molecular flexibility index (Phi) is 2.96. The van der Waals surface area contributed by atoms with Crippen LogP contribution in [0.4, 0.5) is 5.69 Å². The highest BCUT2D eigenvalue weighted by molar-refractivity contribution is 5.59. The first kappa shape index (κ1) is 10.5. The summed E-state index contributed by atoms with van der Waals surface area (Å²) in [6.45, 7) is 4.43. The van der Waals surface area contributed by atoms with Crippen LogP contribution >= 0.6 is 0 Å². The van der Waals surface area contributed by atoms with Gasteiger partial charge in [-0.1, -0.05) is 12.1 Å². The van der Waals surface area contributed by atoms with Gasteiger partial charge >= 0.3 is 0 Å². The minimum absolute atomic E-state index is 0.581. The number of aryl methyl sites for hydroxylation is 1. The molecule has 1 heterocycles. The van der Waals surface area contributed by atoms with Crippen LogP contribution in [0.5, 0.6) is 0 Å². The van der Waals surface area contributed by atoms with Crippen molar-refractivity contribution in [3.05, 3.63) is 29.3 Å². The lowest BCUT2D eigenvalue weighted by atomic mass is 10.0. The molecule has 0 fully saturated rings. The Balaban J connectivity index is 2.06. The van der Waals surface area contributed by atoms with Crippen molar-refractivity contribution in [3.63, 3.8) is 0 Å². The summed E-state index contributed by atoms with van der Waals surface area (Å²) in [6, 6.07) is 7.70. The van der Waals surface area contributed by atoms with Crippen molar-refractivity contribution in [1.82, 2.24) is 5.32 Å². The fraction of sp³-hybridized carbons (Fsp3) is 0.538. The zero-order valence-corrected chi connectivity index (χ0v) is 9.80. The van der Waals surface area contributed by atoms with Gasteiger partial charge in [-0.05, 0) is 50.9 Å². The molecule has 2 rings (SSSR count). The lowest BCUT2D eigenvalue weighted by molar-refractivity contribution is 0.518. The second-order valence-electron chi connectivity index (χ2n) is 4.57. The van der Waals surface area contributed by atoms with Crippen LogP contribution in [-0.4, -0.2) is 19.1 Å². The number of rotatable bonds is 3. The molecule has 15 heavy (non-hydrogen) atoms. The summed E-state index contributed by atoms with van der Waals surface area (Å²) in [4.78, 5) is 0. The van der Waals surface area contributed by atoms with E-state index in [2.05, 4.69) is 42.7 Å². The third-order valence-corrected chi connectivity index (χ3v) is 3.35. The number of fused-ring (bicyclic) bond motifs is 1. The first-order chi connectivity index (χ1) is 7.20. The molecule has 2 heteroatoms. The summed E-state index contributed by atoms with van der Waals surface area (Å²) in [7, 11) is 2.03. The molecule has 82 valence electrons. The van der Waals surface area contributed by atoms with E-state index in [1.807, 2.05) is 7.05 Å². The Morgan fingerprint density at radius 1 is 1.53 bits per heavy atom. The fourth-order valence-corrected chi connectivity index (χ4v) is 2.31. The summed E-state index contributed by atoms with van der Waals surface area (Å²) >= 11 is 0. The predicted molar refractivity (Wildman–Crippen MR) is 65.4 cm³/mol. The van der Waals surface area contributed by atoms with E-state index in [1.165, 1.54) is 29.7 Å². The highest BCUT2D eigenvalue weighted by atomic mass is 15.0. The van der Waals surface area contributed by atoms with Crippen molar-refractivity contribution < 1.29 is 0 Å². The lowest BCUT2D eigenvalue weighted by Gasteiger charge is -2.16. The van der Waals surface area contributed by atoms with Crippen LogP contribution in [0, 0.1) is 6.92 Å². The first-order valence-corrected chi connectivity index (χ1v) is 5.73. The minimum atomic E-state index is 0.581. The zero-order valence-electron chi connectivity index (χ0n) is 9.80. The smallest absolute Gasteiger partial charge is 0.0378 e. The van der Waals surface area contributed by atoms with Crippen LogP contribution in [0.3, 0.4) is 0 Å². The molecule has 1 aromatic rings. The normalized spacial score (nSPS) is 20.9. The zero-order chi connectivity index (χ0) is 10.8. The van der Waals surface area contributed by atoms with Crippen molar-refractivity contribution in [2.75, 3.05) is 12.4 Å². The molecular formula is C13H20N2. The summed E-state index contributed by atoms with van der Waals surface area (Å²) in [5.41, 5.74) is 4.26. The Labute approximate surface area is 92.1 Å². The monoisotopic (exact) mass is 204 g/mol. The SMILES string of the molecule is CNC(C)CC1Cc2c(C)cccc2N1. The second-order valence-corrected chi connectivity index (χ2v) is 4.57. The van der Waals surface area contributed by atoms with E-state index >= 15 is 0 Å². The highest BCUT2D eigenvalue weighted by Gasteiger charge is 2.22. The molecule has 1 aliphatic rings. The van der Waals surface area contributed by atoms with Gasteiger partial charge in [-0.25, -0.2) is 0 Å². The highest BCUT2D eigenvalue weighted by Crippen LogP contribution is 2.29. The Hall–Kier alpha value is -1.02. The number of hydrogen-bond acceptors (Lipinski definition) is 2. The Morgan fingerprint density at radius 3 is 3.00 bits per heavy atom. The van der Waals surface area contributed by atoms with Crippen molar-refractivity contribution in [2.45, 2.75) is 38.8 Å². The molecule has 2 unspecified atom stereocenters. The van der Waals surface area contributed by atoms with Crippen LogP contribution in [0.25, 0.3) is 0 Å². The van der Waals surface area contributed by atoms with Gasteiger partial charge < -0.3 is 10.6 Å². The molecule has 0 bridgehead atoms. The summed E-state index contributed by atoms with van der Waals surface area (Å²) in [5.74, 6) is 0. The van der Waals surface area contributed by atoms with Gasteiger partial charge in [0.1, 0.15) is 0 Å². The molecule has 0 spiro atoms. The number of hydrogen-bond donors (Lipinski definition) is 2. The maximum absolute atomic E-state index is 3.60. The molecule has 2 nitrogen and oxygen atoms in total. The van der Waals surface area contributed by atoms with Gasteiger partial charge in [0, 0.05) is 17.8 Å². The average molecular weight is 204 g/mol. The van der Waals surface area contributed by atoms with Crippen molar-refractivity contribution in [2.24, 2.45) is 0 Å². The third-order valence-electron chi connectivity index (χ3n) is 3.35. The van der Waals surface area contributed by atoms with Gasteiger partial charge in [0.15, 0.2) is 0 Å². The molecule has 1 aromatic carbocycles. The number of benzene rings is 1. The number of anilines is 1. The largest absolute Gasteiger partial charge is 0.382 e. The van der Waals surface area contributed by atoms with Crippen LogP contribution < -0.4 is 10.6 Å². The van der Waals surface area contributed by atoms with Gasteiger partial charge in [-0.2, -0.15) is 0 Å². The van der Waals surface area contributed by atoms with E-state index in [1.54, 1.807) is 0 Å². The van der Waals surface area contributed by atoms with Crippen LogP contribution in [-0.2, 0) is 6.42 Å². The average Bonchev–Trinajstić information content (AvgIpc) is 2.62. The van der Waals surface area contributed by atoms with Crippen molar-refractivity contribution in [1.29, 1.82) is 0 Å². The maximum atomic E-state index is 3.60. The molecule has 1 aliphatic heterocycles. The molecule has 0 saturated carbocycles. The Morgan fingerprint density at radius 2 is 2.33 bits per heavy atom. The number of nitrogens with one attached hydrogen (secondary N) is 2. The molecule has 0 amide bonds. The molecule has 0 radical (unpaired) electrons. The van der Waals surface area contributed by atoms with Gasteiger partial charge in [0.2, 0.25) is 0 Å². The summed E-state index contributed by atoms with van der Waals surface area (Å²) in [6.07, 6.45) is 2.36. The van der Waals surface area contributed by atoms with E-state index in [9.17, 15) is 0 Å². The van der Waals surface area contributed by atoms with Gasteiger partial charge in [-0.3, -0.25) is 0 Å².